The van der Waals surface area contributed by atoms with Gasteiger partial charge in [-0.05, 0) is 46.8 Å². The van der Waals surface area contributed by atoms with Gasteiger partial charge in [-0.3, -0.25) is 4.79 Å². The molecule has 0 saturated carbocycles. The minimum atomic E-state index is -0.591. The molecular weight excluding hydrogens is 332 g/mol. The highest BCUT2D eigenvalue weighted by Crippen LogP contribution is 2.29. The molecule has 2 heterocycles. The van der Waals surface area contributed by atoms with E-state index in [0.29, 0.717) is 30.2 Å². The molecule has 124 valence electrons. The Morgan fingerprint density at radius 1 is 1.29 bits per heavy atom. The van der Waals surface area contributed by atoms with E-state index in [2.05, 4.69) is 9.88 Å². The average Bonchev–Trinajstić information content (AvgIpc) is 2.72. The highest BCUT2D eigenvalue weighted by Gasteiger charge is 2.25. The van der Waals surface area contributed by atoms with E-state index in [1.807, 2.05) is 19.2 Å². The molecule has 2 aromatic rings. The van der Waals surface area contributed by atoms with E-state index in [1.165, 1.54) is 18.3 Å². The molecule has 1 aromatic heterocycles. The number of rotatable bonds is 2. The lowest BCUT2D eigenvalue weighted by atomic mass is 10.1. The Kier molecular flexibility index (Phi) is 4.46. The van der Waals surface area contributed by atoms with Crippen molar-refractivity contribution in [1.82, 2.24) is 9.88 Å². The normalized spacial score (nSPS) is 14.8. The molecule has 1 aliphatic rings. The SMILES string of the molecule is CN1CCN(C(=O)c2ccc([N+](=O)[O-])nc2)c2ccc(Cl)cc2C1. The molecule has 1 amide bonds. The van der Waals surface area contributed by atoms with E-state index < -0.39 is 4.92 Å². The van der Waals surface area contributed by atoms with E-state index in [1.54, 1.807) is 11.0 Å². The second-order valence-electron chi connectivity index (χ2n) is 5.63. The molecule has 0 spiro atoms. The standard InChI is InChI=1S/C16H15ClN4O3/c1-19-6-7-20(14-4-3-13(17)8-12(14)10-19)16(22)11-2-5-15(18-9-11)21(23)24/h2-5,8-9H,6-7,10H2,1H3. The number of anilines is 1. The molecule has 0 bridgehead atoms. The number of aromatic nitrogens is 1. The minimum absolute atomic E-state index is 0.240. The van der Waals surface area contributed by atoms with Gasteiger partial charge in [0, 0.05) is 36.4 Å². The van der Waals surface area contributed by atoms with Crippen LogP contribution in [0.1, 0.15) is 15.9 Å². The lowest BCUT2D eigenvalue weighted by Crippen LogP contribution is -2.35. The second-order valence-corrected chi connectivity index (χ2v) is 6.07. The maximum absolute atomic E-state index is 12.9. The van der Waals surface area contributed by atoms with Gasteiger partial charge in [-0.25, -0.2) is 0 Å². The Morgan fingerprint density at radius 2 is 2.08 bits per heavy atom. The summed E-state index contributed by atoms with van der Waals surface area (Å²) in [5.41, 5.74) is 2.07. The van der Waals surface area contributed by atoms with E-state index in [-0.39, 0.29) is 11.7 Å². The van der Waals surface area contributed by atoms with E-state index in [4.69, 9.17) is 11.6 Å². The Bertz CT molecular complexity index is 794. The van der Waals surface area contributed by atoms with Gasteiger partial charge < -0.3 is 19.9 Å². The summed E-state index contributed by atoms with van der Waals surface area (Å²) in [4.78, 5) is 30.4. The van der Waals surface area contributed by atoms with Crippen LogP contribution in [-0.2, 0) is 6.54 Å². The maximum Gasteiger partial charge on any atom is 0.363 e. The summed E-state index contributed by atoms with van der Waals surface area (Å²) < 4.78 is 0. The van der Waals surface area contributed by atoms with Gasteiger partial charge in [-0.2, -0.15) is 0 Å². The number of fused-ring (bicyclic) bond motifs is 1. The molecule has 8 heteroatoms. The number of halogens is 1. The quantitative estimate of drug-likeness (QED) is 0.617. The predicted molar refractivity (Wildman–Crippen MR) is 90.4 cm³/mol. The van der Waals surface area contributed by atoms with Gasteiger partial charge in [0.2, 0.25) is 0 Å². The van der Waals surface area contributed by atoms with E-state index in [0.717, 1.165) is 11.3 Å². The fourth-order valence-electron chi connectivity index (χ4n) is 2.69. The summed E-state index contributed by atoms with van der Waals surface area (Å²) in [7, 11) is 1.98. The van der Waals surface area contributed by atoms with Crippen molar-refractivity contribution in [1.29, 1.82) is 0 Å². The van der Waals surface area contributed by atoms with Crippen LogP contribution in [0.2, 0.25) is 5.02 Å². The van der Waals surface area contributed by atoms with Crippen LogP contribution in [-0.4, -0.2) is 40.9 Å². The topological polar surface area (TPSA) is 79.6 Å². The number of amides is 1. The molecule has 24 heavy (non-hydrogen) atoms. The van der Waals surface area contributed by atoms with Crippen LogP contribution in [0.3, 0.4) is 0 Å². The molecule has 0 fully saturated rings. The van der Waals surface area contributed by atoms with Crippen LogP contribution in [0, 0.1) is 10.1 Å². The Labute approximate surface area is 143 Å². The van der Waals surface area contributed by atoms with Gasteiger partial charge >= 0.3 is 5.82 Å². The largest absolute Gasteiger partial charge is 0.363 e. The molecule has 0 unspecified atom stereocenters. The van der Waals surface area contributed by atoms with E-state index in [9.17, 15) is 14.9 Å². The van der Waals surface area contributed by atoms with Gasteiger partial charge in [0.15, 0.2) is 6.20 Å². The van der Waals surface area contributed by atoms with Gasteiger partial charge in [0.1, 0.15) is 0 Å². The third-order valence-corrected chi connectivity index (χ3v) is 4.14. The number of pyridine rings is 1. The van der Waals surface area contributed by atoms with Crippen molar-refractivity contribution in [2.24, 2.45) is 0 Å². The zero-order valence-corrected chi connectivity index (χ0v) is 13.7. The average molecular weight is 347 g/mol. The van der Waals surface area contributed by atoms with Crippen molar-refractivity contribution >= 4 is 29.0 Å². The Balaban J connectivity index is 1.96. The number of hydrogen-bond acceptors (Lipinski definition) is 5. The molecule has 0 atom stereocenters. The lowest BCUT2D eigenvalue weighted by Gasteiger charge is -2.22. The van der Waals surface area contributed by atoms with Crippen molar-refractivity contribution in [2.75, 3.05) is 25.0 Å². The Hall–Kier alpha value is -2.51. The van der Waals surface area contributed by atoms with Crippen LogP contribution in [0.25, 0.3) is 0 Å². The zero-order valence-electron chi connectivity index (χ0n) is 13.0. The predicted octanol–water partition coefficient (Wildman–Crippen LogP) is 2.74. The lowest BCUT2D eigenvalue weighted by molar-refractivity contribution is -0.389. The number of carbonyl (C=O) groups is 1. The van der Waals surface area contributed by atoms with Crippen LogP contribution in [0.5, 0.6) is 0 Å². The first-order valence-corrected chi connectivity index (χ1v) is 7.73. The maximum atomic E-state index is 12.9. The third-order valence-electron chi connectivity index (χ3n) is 3.90. The van der Waals surface area contributed by atoms with Gasteiger partial charge in [-0.1, -0.05) is 11.6 Å². The third kappa shape index (κ3) is 3.22. The Morgan fingerprint density at radius 3 is 2.75 bits per heavy atom. The first-order valence-electron chi connectivity index (χ1n) is 7.35. The van der Waals surface area contributed by atoms with Crippen molar-refractivity contribution in [3.63, 3.8) is 0 Å². The number of carbonyl (C=O) groups excluding carboxylic acids is 1. The van der Waals surface area contributed by atoms with Crippen molar-refractivity contribution < 1.29 is 9.72 Å². The fourth-order valence-corrected chi connectivity index (χ4v) is 2.89. The van der Waals surface area contributed by atoms with Crippen LogP contribution in [0.15, 0.2) is 36.5 Å². The van der Waals surface area contributed by atoms with Gasteiger partial charge in [-0.15, -0.1) is 0 Å². The first-order chi connectivity index (χ1) is 11.5. The van der Waals surface area contributed by atoms with Crippen LogP contribution < -0.4 is 4.90 Å². The number of likely N-dealkylation sites (N-methyl/N-ethyl adjacent to an activating group) is 1. The summed E-state index contributed by atoms with van der Waals surface area (Å²) in [6.07, 6.45) is 1.24. The summed E-state index contributed by atoms with van der Waals surface area (Å²) >= 11 is 6.07. The number of benzene rings is 1. The van der Waals surface area contributed by atoms with Crippen LogP contribution >= 0.6 is 11.6 Å². The summed E-state index contributed by atoms with van der Waals surface area (Å²) in [5, 5.41) is 11.3. The van der Waals surface area contributed by atoms with Gasteiger partial charge in [0.05, 0.1) is 5.56 Å². The fraction of sp³-hybridized carbons (Fsp3) is 0.250. The summed E-state index contributed by atoms with van der Waals surface area (Å²) in [6, 6.07) is 8.10. The molecular formula is C16H15ClN4O3. The van der Waals surface area contributed by atoms with Crippen LogP contribution in [0.4, 0.5) is 11.5 Å². The molecule has 1 aliphatic heterocycles. The first kappa shape index (κ1) is 16.4. The minimum Gasteiger partial charge on any atom is -0.358 e. The molecule has 0 N–H and O–H groups in total. The highest BCUT2D eigenvalue weighted by atomic mass is 35.5. The highest BCUT2D eigenvalue weighted by molar-refractivity contribution is 6.30. The monoisotopic (exact) mass is 346 g/mol. The molecule has 0 saturated heterocycles. The molecule has 7 nitrogen and oxygen atoms in total. The molecule has 0 aliphatic carbocycles. The molecule has 3 rings (SSSR count). The van der Waals surface area contributed by atoms with Gasteiger partial charge in [0.25, 0.3) is 5.91 Å². The summed E-state index contributed by atoms with van der Waals surface area (Å²) in [5.74, 6) is -0.523. The zero-order chi connectivity index (χ0) is 17.3. The van der Waals surface area contributed by atoms with Crippen molar-refractivity contribution in [3.8, 4) is 0 Å². The molecule has 0 radical (unpaired) electrons. The van der Waals surface area contributed by atoms with Crippen molar-refractivity contribution in [2.45, 2.75) is 6.54 Å². The smallest absolute Gasteiger partial charge is 0.358 e. The summed E-state index contributed by atoms with van der Waals surface area (Å²) in [6.45, 7) is 1.91. The number of nitrogens with zero attached hydrogens (tertiary/aromatic N) is 4. The van der Waals surface area contributed by atoms with Crippen molar-refractivity contribution in [3.05, 3.63) is 62.8 Å². The molecule has 1 aromatic carbocycles. The number of hydrogen-bond donors (Lipinski definition) is 0. The number of nitro groups is 1. The second kappa shape index (κ2) is 6.54. The van der Waals surface area contributed by atoms with E-state index >= 15 is 0 Å².